The summed E-state index contributed by atoms with van der Waals surface area (Å²) in [6, 6.07) is 7.37. The van der Waals surface area contributed by atoms with Crippen LogP contribution in [0.15, 0.2) is 35.9 Å². The second-order valence-corrected chi connectivity index (χ2v) is 14.5. The van der Waals surface area contributed by atoms with Crippen molar-refractivity contribution in [1.82, 2.24) is 0 Å². The van der Waals surface area contributed by atoms with Gasteiger partial charge in [-0.15, -0.1) is 0 Å². The molecule has 3 saturated carbocycles. The molecule has 1 aromatic rings. The molecule has 216 valence electrons. The first-order valence-corrected chi connectivity index (χ1v) is 16.3. The molecular weight excluding hydrogens is 480 g/mol. The van der Waals surface area contributed by atoms with Crippen LogP contribution in [0.2, 0.25) is 0 Å². The van der Waals surface area contributed by atoms with E-state index in [4.69, 9.17) is 9.47 Å². The van der Waals surface area contributed by atoms with Crippen LogP contribution in [0.25, 0.3) is 0 Å². The van der Waals surface area contributed by atoms with E-state index in [1.54, 1.807) is 5.57 Å². The standard InChI is InChI=1S/C36H54O3/c1-7-38-28-14-11-26(12-15-28)34(37)39-29-19-21-35(5)27(23-29)13-16-30-32-18-17-31(25(4)10-8-9-24(2)3)36(32,6)22-20-33(30)35/h11-15,24-25,29-33H,7-10,16-23H2,1-6H3/t25-,29-,30+,31-,32+,33+,35-,36+/m0/s1. The van der Waals surface area contributed by atoms with Crippen molar-refractivity contribution in [2.75, 3.05) is 6.61 Å². The second kappa shape index (κ2) is 11.6. The molecule has 0 heterocycles. The van der Waals surface area contributed by atoms with Crippen LogP contribution in [-0.4, -0.2) is 18.7 Å². The molecule has 0 N–H and O–H groups in total. The van der Waals surface area contributed by atoms with Gasteiger partial charge in [0.2, 0.25) is 0 Å². The van der Waals surface area contributed by atoms with Crippen molar-refractivity contribution in [3.05, 3.63) is 41.5 Å². The third-order valence-corrected chi connectivity index (χ3v) is 11.9. The Balaban J connectivity index is 1.22. The fraction of sp³-hybridized carbons (Fsp3) is 0.750. The number of benzene rings is 1. The Hall–Kier alpha value is -1.77. The molecule has 0 aromatic heterocycles. The predicted octanol–water partition coefficient (Wildman–Crippen LogP) is 9.65. The maximum Gasteiger partial charge on any atom is 0.338 e. The molecule has 0 radical (unpaired) electrons. The third kappa shape index (κ3) is 5.58. The van der Waals surface area contributed by atoms with Crippen LogP contribution in [0, 0.1) is 46.3 Å². The van der Waals surface area contributed by atoms with Crippen LogP contribution in [0.1, 0.15) is 123 Å². The number of esters is 1. The molecule has 0 bridgehead atoms. The predicted molar refractivity (Wildman–Crippen MR) is 160 cm³/mol. The van der Waals surface area contributed by atoms with Gasteiger partial charge in [0, 0.05) is 6.42 Å². The Labute approximate surface area is 238 Å². The highest BCUT2D eigenvalue weighted by Gasteiger charge is 2.59. The number of fused-ring (bicyclic) bond motifs is 5. The Morgan fingerprint density at radius 3 is 2.46 bits per heavy atom. The van der Waals surface area contributed by atoms with Crippen molar-refractivity contribution in [1.29, 1.82) is 0 Å². The van der Waals surface area contributed by atoms with Gasteiger partial charge in [-0.25, -0.2) is 4.79 Å². The minimum absolute atomic E-state index is 0.00338. The van der Waals surface area contributed by atoms with Crippen LogP contribution in [0.5, 0.6) is 5.75 Å². The van der Waals surface area contributed by atoms with Gasteiger partial charge in [-0.3, -0.25) is 0 Å². The first-order chi connectivity index (χ1) is 18.7. The molecule has 0 unspecified atom stereocenters. The monoisotopic (exact) mass is 534 g/mol. The summed E-state index contributed by atoms with van der Waals surface area (Å²) in [6.07, 6.45) is 16.8. The molecule has 4 aliphatic carbocycles. The maximum atomic E-state index is 12.9. The van der Waals surface area contributed by atoms with Crippen LogP contribution < -0.4 is 4.74 Å². The van der Waals surface area contributed by atoms with Gasteiger partial charge in [-0.2, -0.15) is 0 Å². The quantitative estimate of drug-likeness (QED) is 0.234. The van der Waals surface area contributed by atoms with E-state index in [1.807, 2.05) is 31.2 Å². The molecule has 8 atom stereocenters. The van der Waals surface area contributed by atoms with E-state index in [9.17, 15) is 4.79 Å². The van der Waals surface area contributed by atoms with E-state index >= 15 is 0 Å². The summed E-state index contributed by atoms with van der Waals surface area (Å²) in [5, 5.41) is 0. The van der Waals surface area contributed by atoms with Crippen molar-refractivity contribution in [2.45, 2.75) is 118 Å². The normalized spacial score (nSPS) is 36.4. The van der Waals surface area contributed by atoms with Crippen molar-refractivity contribution < 1.29 is 14.3 Å². The summed E-state index contributed by atoms with van der Waals surface area (Å²) in [6.45, 7) is 15.1. The first kappa shape index (κ1) is 28.7. The zero-order chi connectivity index (χ0) is 27.8. The van der Waals surface area contributed by atoms with E-state index in [2.05, 4.69) is 40.7 Å². The molecular formula is C36H54O3. The lowest BCUT2D eigenvalue weighted by Gasteiger charge is -2.58. The molecule has 4 aliphatic rings. The van der Waals surface area contributed by atoms with Gasteiger partial charge in [0.15, 0.2) is 0 Å². The summed E-state index contributed by atoms with van der Waals surface area (Å²) in [5.74, 6) is 5.72. The number of rotatable bonds is 9. The van der Waals surface area contributed by atoms with E-state index in [1.165, 1.54) is 51.4 Å². The lowest BCUT2D eigenvalue weighted by molar-refractivity contribution is -0.0594. The molecule has 0 amide bonds. The van der Waals surface area contributed by atoms with E-state index in [0.717, 1.165) is 60.5 Å². The van der Waals surface area contributed by atoms with E-state index in [-0.39, 0.29) is 17.5 Å². The highest BCUT2D eigenvalue weighted by atomic mass is 16.5. The van der Waals surface area contributed by atoms with Crippen LogP contribution in [-0.2, 0) is 4.74 Å². The first-order valence-electron chi connectivity index (χ1n) is 16.3. The average Bonchev–Trinajstić information content (AvgIpc) is 3.26. The minimum atomic E-state index is -0.200. The topological polar surface area (TPSA) is 35.5 Å². The number of carbonyl (C=O) groups is 1. The Morgan fingerprint density at radius 2 is 1.74 bits per heavy atom. The molecule has 3 heteroatoms. The Bertz CT molecular complexity index is 1020. The van der Waals surface area contributed by atoms with Gasteiger partial charge in [0.1, 0.15) is 11.9 Å². The number of allylic oxidation sites excluding steroid dienone is 1. The number of carbonyl (C=O) groups excluding carboxylic acids is 1. The summed E-state index contributed by atoms with van der Waals surface area (Å²) in [7, 11) is 0. The maximum absolute atomic E-state index is 12.9. The zero-order valence-corrected chi connectivity index (χ0v) is 25.6. The number of hydrogen-bond acceptors (Lipinski definition) is 3. The summed E-state index contributed by atoms with van der Waals surface area (Å²) < 4.78 is 11.6. The molecule has 0 saturated heterocycles. The molecule has 39 heavy (non-hydrogen) atoms. The Kier molecular flexibility index (Phi) is 8.56. The Morgan fingerprint density at radius 1 is 0.974 bits per heavy atom. The zero-order valence-electron chi connectivity index (χ0n) is 25.6. The summed E-state index contributed by atoms with van der Waals surface area (Å²) in [5.41, 5.74) is 3.02. The fourth-order valence-corrected chi connectivity index (χ4v) is 9.83. The van der Waals surface area contributed by atoms with E-state index in [0.29, 0.717) is 17.6 Å². The van der Waals surface area contributed by atoms with Gasteiger partial charge < -0.3 is 9.47 Å². The van der Waals surface area contributed by atoms with Gasteiger partial charge in [-0.05, 0) is 122 Å². The van der Waals surface area contributed by atoms with Gasteiger partial charge >= 0.3 is 5.97 Å². The molecule has 3 nitrogen and oxygen atoms in total. The largest absolute Gasteiger partial charge is 0.494 e. The van der Waals surface area contributed by atoms with Gasteiger partial charge in [0.05, 0.1) is 12.2 Å². The SMILES string of the molecule is CCOc1ccc(C(=O)O[C@H]2CC[C@@]3(C)C(=CC[C@@H]4[C@H]5CC[C@@H]([C@@H](C)CCCC(C)C)[C@@]5(C)CC[C@H]43)C2)cc1. The van der Waals surface area contributed by atoms with Crippen molar-refractivity contribution in [2.24, 2.45) is 46.3 Å². The lowest BCUT2D eigenvalue weighted by Crippen LogP contribution is -2.51. The summed E-state index contributed by atoms with van der Waals surface area (Å²) in [4.78, 5) is 12.9. The second-order valence-electron chi connectivity index (χ2n) is 14.5. The average molecular weight is 535 g/mol. The minimum Gasteiger partial charge on any atom is -0.494 e. The molecule has 1 aromatic carbocycles. The molecule has 3 fully saturated rings. The van der Waals surface area contributed by atoms with Gasteiger partial charge in [-0.1, -0.05) is 65.5 Å². The van der Waals surface area contributed by atoms with Crippen molar-refractivity contribution in [3.8, 4) is 5.75 Å². The highest BCUT2D eigenvalue weighted by molar-refractivity contribution is 5.89. The highest BCUT2D eigenvalue weighted by Crippen LogP contribution is 2.67. The van der Waals surface area contributed by atoms with E-state index < -0.39 is 0 Å². The van der Waals surface area contributed by atoms with Crippen molar-refractivity contribution in [3.63, 3.8) is 0 Å². The fourth-order valence-electron chi connectivity index (χ4n) is 9.83. The number of ether oxygens (including phenoxy) is 2. The van der Waals surface area contributed by atoms with Crippen molar-refractivity contribution >= 4 is 5.97 Å². The van der Waals surface area contributed by atoms with Crippen LogP contribution in [0.4, 0.5) is 0 Å². The smallest absolute Gasteiger partial charge is 0.338 e. The third-order valence-electron chi connectivity index (χ3n) is 11.9. The lowest BCUT2D eigenvalue weighted by atomic mass is 9.47. The molecule has 0 aliphatic heterocycles. The summed E-state index contributed by atoms with van der Waals surface area (Å²) >= 11 is 0. The molecule has 5 rings (SSSR count). The number of hydrogen-bond donors (Lipinski definition) is 0. The van der Waals surface area contributed by atoms with Crippen LogP contribution in [0.3, 0.4) is 0 Å². The molecule has 0 spiro atoms. The van der Waals surface area contributed by atoms with Crippen LogP contribution >= 0.6 is 0 Å². The van der Waals surface area contributed by atoms with Gasteiger partial charge in [0.25, 0.3) is 0 Å².